The Morgan fingerprint density at radius 1 is 1.35 bits per heavy atom. The van der Waals surface area contributed by atoms with E-state index < -0.39 is 5.60 Å². The number of amides is 1. The SMILES string of the molecule is CC(C)CCC(C)(O)CNC(=O)COC1CCCCC1. The maximum atomic E-state index is 11.7. The van der Waals surface area contributed by atoms with E-state index in [0.29, 0.717) is 18.9 Å². The lowest BCUT2D eigenvalue weighted by molar-refractivity contribution is -0.129. The molecule has 0 saturated heterocycles. The predicted molar refractivity (Wildman–Crippen MR) is 80.5 cm³/mol. The van der Waals surface area contributed by atoms with Crippen LogP contribution in [0.3, 0.4) is 0 Å². The molecule has 1 aliphatic carbocycles. The van der Waals surface area contributed by atoms with Gasteiger partial charge in [-0.25, -0.2) is 0 Å². The van der Waals surface area contributed by atoms with E-state index in [0.717, 1.165) is 19.3 Å². The van der Waals surface area contributed by atoms with Crippen LogP contribution in [0.2, 0.25) is 0 Å². The Kier molecular flexibility index (Phi) is 7.52. The van der Waals surface area contributed by atoms with Crippen molar-refractivity contribution in [3.63, 3.8) is 0 Å². The molecule has 0 aromatic heterocycles. The second kappa shape index (κ2) is 8.63. The molecule has 1 fully saturated rings. The molecule has 0 aromatic carbocycles. The van der Waals surface area contributed by atoms with Crippen molar-refractivity contribution in [2.24, 2.45) is 5.92 Å². The second-order valence-electron chi connectivity index (χ2n) is 6.78. The maximum Gasteiger partial charge on any atom is 0.246 e. The standard InChI is InChI=1S/C16H31NO3/c1-13(2)9-10-16(3,19)12-17-15(18)11-20-14-7-5-4-6-8-14/h13-14,19H,4-12H2,1-3H3,(H,17,18). The second-order valence-corrected chi connectivity index (χ2v) is 6.78. The van der Waals surface area contributed by atoms with Gasteiger partial charge in [-0.2, -0.15) is 0 Å². The van der Waals surface area contributed by atoms with Crippen LogP contribution in [-0.2, 0) is 9.53 Å². The molecule has 4 heteroatoms. The Morgan fingerprint density at radius 3 is 2.60 bits per heavy atom. The molecule has 20 heavy (non-hydrogen) atoms. The fraction of sp³-hybridized carbons (Fsp3) is 0.938. The van der Waals surface area contributed by atoms with E-state index in [2.05, 4.69) is 19.2 Å². The predicted octanol–water partition coefficient (Wildman–Crippen LogP) is 2.64. The summed E-state index contributed by atoms with van der Waals surface area (Å²) in [6.07, 6.45) is 7.74. The average Bonchev–Trinajstić information content (AvgIpc) is 2.42. The van der Waals surface area contributed by atoms with E-state index in [1.165, 1.54) is 19.3 Å². The summed E-state index contributed by atoms with van der Waals surface area (Å²) in [5, 5.41) is 12.9. The Bertz CT molecular complexity index is 283. The molecule has 0 aromatic rings. The fourth-order valence-corrected chi connectivity index (χ4v) is 2.45. The molecule has 0 spiro atoms. The van der Waals surface area contributed by atoms with Crippen molar-refractivity contribution < 1.29 is 14.6 Å². The van der Waals surface area contributed by atoms with E-state index in [1.54, 1.807) is 6.92 Å². The largest absolute Gasteiger partial charge is 0.388 e. The zero-order chi connectivity index (χ0) is 15.0. The highest BCUT2D eigenvalue weighted by Gasteiger charge is 2.22. The van der Waals surface area contributed by atoms with Gasteiger partial charge in [0, 0.05) is 6.54 Å². The summed E-state index contributed by atoms with van der Waals surface area (Å²) in [4.78, 5) is 11.7. The molecule has 1 saturated carbocycles. The third-order valence-corrected chi connectivity index (χ3v) is 3.93. The minimum Gasteiger partial charge on any atom is -0.388 e. The number of carbonyl (C=O) groups is 1. The Hall–Kier alpha value is -0.610. The highest BCUT2D eigenvalue weighted by Crippen LogP contribution is 2.20. The van der Waals surface area contributed by atoms with E-state index in [4.69, 9.17) is 4.74 Å². The Morgan fingerprint density at radius 2 is 2.00 bits per heavy atom. The number of nitrogens with one attached hydrogen (secondary N) is 1. The van der Waals surface area contributed by atoms with Gasteiger partial charge in [-0.05, 0) is 38.5 Å². The Balaban J connectivity index is 2.14. The van der Waals surface area contributed by atoms with Crippen LogP contribution in [-0.4, -0.2) is 35.9 Å². The Labute approximate surface area is 123 Å². The van der Waals surface area contributed by atoms with Gasteiger partial charge >= 0.3 is 0 Å². The van der Waals surface area contributed by atoms with Crippen molar-refractivity contribution in [2.45, 2.75) is 77.4 Å². The van der Waals surface area contributed by atoms with Crippen molar-refractivity contribution in [1.29, 1.82) is 0 Å². The van der Waals surface area contributed by atoms with Gasteiger partial charge in [-0.15, -0.1) is 0 Å². The number of hydrogen-bond donors (Lipinski definition) is 2. The van der Waals surface area contributed by atoms with Crippen LogP contribution >= 0.6 is 0 Å². The van der Waals surface area contributed by atoms with E-state index in [1.807, 2.05) is 0 Å². The topological polar surface area (TPSA) is 58.6 Å². The lowest BCUT2D eigenvalue weighted by Gasteiger charge is -2.25. The molecule has 1 aliphatic rings. The average molecular weight is 285 g/mol. The van der Waals surface area contributed by atoms with E-state index >= 15 is 0 Å². The minimum absolute atomic E-state index is 0.116. The highest BCUT2D eigenvalue weighted by molar-refractivity contribution is 5.77. The van der Waals surface area contributed by atoms with Gasteiger partial charge in [-0.1, -0.05) is 33.1 Å². The van der Waals surface area contributed by atoms with Crippen LogP contribution in [0.25, 0.3) is 0 Å². The van der Waals surface area contributed by atoms with Gasteiger partial charge in [0.2, 0.25) is 5.91 Å². The number of hydrogen-bond acceptors (Lipinski definition) is 3. The first kappa shape index (κ1) is 17.4. The number of carbonyl (C=O) groups excluding carboxylic acids is 1. The number of aliphatic hydroxyl groups is 1. The lowest BCUT2D eigenvalue weighted by atomic mass is 9.95. The number of rotatable bonds is 8. The van der Waals surface area contributed by atoms with Crippen LogP contribution in [0, 0.1) is 5.92 Å². The van der Waals surface area contributed by atoms with Gasteiger partial charge < -0.3 is 15.2 Å². The summed E-state index contributed by atoms with van der Waals surface area (Å²) in [5.74, 6) is 0.437. The first-order valence-corrected chi connectivity index (χ1v) is 8.00. The molecule has 1 atom stereocenters. The highest BCUT2D eigenvalue weighted by atomic mass is 16.5. The summed E-state index contributed by atoms with van der Waals surface area (Å²) < 4.78 is 5.61. The molecule has 4 nitrogen and oxygen atoms in total. The summed E-state index contributed by atoms with van der Waals surface area (Å²) in [6, 6.07) is 0. The van der Waals surface area contributed by atoms with E-state index in [9.17, 15) is 9.90 Å². The van der Waals surface area contributed by atoms with Gasteiger partial charge in [0.05, 0.1) is 11.7 Å². The quantitative estimate of drug-likeness (QED) is 0.721. The molecule has 1 unspecified atom stereocenters. The van der Waals surface area contributed by atoms with Crippen LogP contribution in [0.5, 0.6) is 0 Å². The van der Waals surface area contributed by atoms with E-state index in [-0.39, 0.29) is 18.6 Å². The molecule has 1 rings (SSSR count). The van der Waals surface area contributed by atoms with Crippen molar-refractivity contribution >= 4 is 5.91 Å². The third-order valence-electron chi connectivity index (χ3n) is 3.93. The molecule has 0 heterocycles. The van der Waals surface area contributed by atoms with Gasteiger partial charge in [-0.3, -0.25) is 4.79 Å². The number of ether oxygens (including phenoxy) is 1. The normalized spacial score (nSPS) is 19.9. The molecular formula is C16H31NO3. The maximum absolute atomic E-state index is 11.7. The molecule has 1 amide bonds. The van der Waals surface area contributed by atoms with Crippen molar-refractivity contribution in [1.82, 2.24) is 5.32 Å². The molecule has 118 valence electrons. The summed E-state index contributed by atoms with van der Waals surface area (Å²) in [7, 11) is 0. The first-order valence-electron chi connectivity index (χ1n) is 8.00. The zero-order valence-electron chi connectivity index (χ0n) is 13.3. The van der Waals surface area contributed by atoms with Crippen LogP contribution in [0.4, 0.5) is 0 Å². The summed E-state index contributed by atoms with van der Waals surface area (Å²) in [6.45, 7) is 6.45. The van der Waals surface area contributed by atoms with Crippen molar-refractivity contribution in [3.05, 3.63) is 0 Å². The smallest absolute Gasteiger partial charge is 0.246 e. The monoisotopic (exact) mass is 285 g/mol. The first-order chi connectivity index (χ1) is 9.39. The van der Waals surface area contributed by atoms with Gasteiger partial charge in [0.25, 0.3) is 0 Å². The summed E-state index contributed by atoms with van der Waals surface area (Å²) >= 11 is 0. The zero-order valence-corrected chi connectivity index (χ0v) is 13.3. The van der Waals surface area contributed by atoms with Crippen LogP contribution < -0.4 is 5.32 Å². The van der Waals surface area contributed by atoms with Gasteiger partial charge in [0.15, 0.2) is 0 Å². The van der Waals surface area contributed by atoms with Crippen LogP contribution in [0.1, 0.15) is 65.7 Å². The van der Waals surface area contributed by atoms with Gasteiger partial charge in [0.1, 0.15) is 6.61 Å². The molecular weight excluding hydrogens is 254 g/mol. The van der Waals surface area contributed by atoms with Crippen LogP contribution in [0.15, 0.2) is 0 Å². The van der Waals surface area contributed by atoms with Crippen molar-refractivity contribution in [3.8, 4) is 0 Å². The molecule has 0 aliphatic heterocycles. The fourth-order valence-electron chi connectivity index (χ4n) is 2.45. The summed E-state index contributed by atoms with van der Waals surface area (Å²) in [5.41, 5.74) is -0.829. The molecule has 2 N–H and O–H groups in total. The van der Waals surface area contributed by atoms with Crippen molar-refractivity contribution in [2.75, 3.05) is 13.2 Å². The molecule has 0 bridgehead atoms. The minimum atomic E-state index is -0.829. The lowest BCUT2D eigenvalue weighted by Crippen LogP contribution is -2.42. The molecule has 0 radical (unpaired) electrons. The third kappa shape index (κ3) is 7.85.